The zero-order valence-electron chi connectivity index (χ0n) is 77.3. The number of phenolic OH excluding ortho intramolecular Hbond substituents is 3. The highest BCUT2D eigenvalue weighted by molar-refractivity contribution is 5.69. The van der Waals surface area contributed by atoms with Crippen LogP contribution in [0.5, 0.6) is 46.0 Å². The van der Waals surface area contributed by atoms with E-state index in [1.54, 1.807) is 36.4 Å². The summed E-state index contributed by atoms with van der Waals surface area (Å²) in [6, 6.07) is 63.8. The first-order chi connectivity index (χ1) is 57.9. The number of benzene rings is 8. The van der Waals surface area contributed by atoms with Crippen molar-refractivity contribution in [3.05, 3.63) is 239 Å². The maximum absolute atomic E-state index is 10.7. The zero-order chi connectivity index (χ0) is 87.4. The molecule has 3 N–H and O–H groups in total. The van der Waals surface area contributed by atoms with E-state index in [9.17, 15) is 4.79 Å². The van der Waals surface area contributed by atoms with Crippen molar-refractivity contribution in [1.29, 1.82) is 0 Å². The Morgan fingerprint density at radius 2 is 0.525 bits per heavy atom. The van der Waals surface area contributed by atoms with Gasteiger partial charge in [-0.3, -0.25) is 4.79 Å². The van der Waals surface area contributed by atoms with Crippen LogP contribution in [0.15, 0.2) is 194 Å². The molecule has 0 bridgehead atoms. The smallest absolute Gasteiger partial charge is 0.308 e. The number of phenols is 3. The highest BCUT2D eigenvalue weighted by Crippen LogP contribution is 2.35. The lowest BCUT2D eigenvalue weighted by atomic mass is 9.84. The molecule has 10 atom stereocenters. The summed E-state index contributed by atoms with van der Waals surface area (Å²) in [7, 11) is 0. The first kappa shape index (κ1) is 102. The van der Waals surface area contributed by atoms with E-state index in [4.69, 9.17) is 53.2 Å². The Balaban J connectivity index is 0.000000257. The van der Waals surface area contributed by atoms with Gasteiger partial charge in [-0.05, 0) is 292 Å². The van der Waals surface area contributed by atoms with Crippen LogP contribution in [0.2, 0.25) is 0 Å². The third-order valence-corrected chi connectivity index (χ3v) is 24.5. The van der Waals surface area contributed by atoms with Gasteiger partial charge < -0.3 is 53.2 Å². The maximum atomic E-state index is 10.7. The molecule has 3 fully saturated rings. The topological polar surface area (TPSA) is 152 Å². The fraction of sp³-hybridized carbons (Fsp3) is 0.546. The number of carbonyl (C=O) groups excluding carboxylic acids is 1. The van der Waals surface area contributed by atoms with Gasteiger partial charge >= 0.3 is 5.97 Å². The van der Waals surface area contributed by atoms with Crippen molar-refractivity contribution in [1.82, 2.24) is 0 Å². The van der Waals surface area contributed by atoms with E-state index in [2.05, 4.69) is 182 Å². The van der Waals surface area contributed by atoms with Crippen LogP contribution in [0, 0.1) is 11.8 Å². The van der Waals surface area contributed by atoms with Crippen molar-refractivity contribution in [3.8, 4) is 46.0 Å². The summed E-state index contributed by atoms with van der Waals surface area (Å²) in [6.07, 6.45) is 30.5. The van der Waals surface area contributed by atoms with E-state index in [-0.39, 0.29) is 24.8 Å². The Bertz CT molecular complexity index is 3640. The minimum Gasteiger partial charge on any atom is -0.508 e. The number of aromatic hydroxyl groups is 3. The van der Waals surface area contributed by atoms with Gasteiger partial charge in [-0.1, -0.05) is 277 Å². The van der Waals surface area contributed by atoms with E-state index in [1.165, 1.54) is 173 Å². The third-order valence-electron chi connectivity index (χ3n) is 24.5. The standard InChI is InChI=1S/C26H36O3.2C20H32O2.C12H16O2.3C10H14O/c1-4-20(2)22-10-16-26(17-11-22)29-21(3)27-18-19-28-25-14-12-24(13-15-25)23-8-6-5-7-9-23;2*1-4-16(2)19-10-12-20(13-11-19)22-17(3)21-15-14-18-8-6-5-7-9-18;1-4-9(2)11-5-7-12(8-6-11)14-10(3)13;3*1-3-8(2)9-4-6-10(11)7-5-9/h10-17,20-21,23H,4-9,18-19H2,1-3H3;2*10-13,16-18H,4-9,14-15H2,1-3H3;5-9H,4H2,1-3H3;3*4-8,11H,3H2,1-2H3. The average molecular weight is 1650 g/mol. The Hall–Kier alpha value is -8.29. The second kappa shape index (κ2) is 59.5. The summed E-state index contributed by atoms with van der Waals surface area (Å²) >= 11 is 0. The fourth-order valence-corrected chi connectivity index (χ4v) is 14.8. The van der Waals surface area contributed by atoms with Gasteiger partial charge in [0.2, 0.25) is 0 Å². The molecule has 0 radical (unpaired) electrons. The van der Waals surface area contributed by atoms with Crippen molar-refractivity contribution in [3.63, 3.8) is 0 Å². The van der Waals surface area contributed by atoms with Crippen LogP contribution >= 0.6 is 0 Å². The SMILES string of the molecule is CCC(C)c1ccc(O)cc1.CCC(C)c1ccc(O)cc1.CCC(C)c1ccc(O)cc1.CCC(C)c1ccc(OC(C)=O)cc1.CCC(C)c1ccc(OC(C)OCCC2CCCCC2)cc1.CCC(C)c1ccc(OC(C)OCCC2CCCCC2)cc1.CCC(C)c1ccc(OC(C)OCCOc2ccc(C3CCCCC3)cc2)cc1. The van der Waals surface area contributed by atoms with E-state index in [0.717, 1.165) is 86.1 Å². The van der Waals surface area contributed by atoms with Crippen LogP contribution in [-0.4, -0.2) is 66.6 Å². The molecule has 0 spiro atoms. The number of hydrogen-bond acceptors (Lipinski definition) is 12. The van der Waals surface area contributed by atoms with Crippen molar-refractivity contribution >= 4 is 5.97 Å². The Labute approximate surface area is 727 Å². The molecule has 3 aliphatic carbocycles. The van der Waals surface area contributed by atoms with Gasteiger partial charge in [0.15, 0.2) is 18.9 Å². The van der Waals surface area contributed by atoms with Gasteiger partial charge in [-0.15, -0.1) is 0 Å². The summed E-state index contributed by atoms with van der Waals surface area (Å²) in [5, 5.41) is 27.0. The van der Waals surface area contributed by atoms with Crippen molar-refractivity contribution in [2.45, 2.75) is 345 Å². The zero-order valence-corrected chi connectivity index (χ0v) is 77.3. The second-order valence-electron chi connectivity index (χ2n) is 33.8. The second-order valence-corrected chi connectivity index (χ2v) is 33.8. The highest BCUT2D eigenvalue weighted by atomic mass is 16.7. The summed E-state index contributed by atoms with van der Waals surface area (Å²) < 4.78 is 45.7. The molecule has 3 saturated carbocycles. The minimum atomic E-state index is -0.304. The van der Waals surface area contributed by atoms with Gasteiger partial charge in [-0.2, -0.15) is 0 Å². The van der Waals surface area contributed by atoms with E-state index in [1.807, 2.05) is 93.6 Å². The van der Waals surface area contributed by atoms with Gasteiger partial charge in [0.1, 0.15) is 52.6 Å². The number of rotatable bonds is 35. The van der Waals surface area contributed by atoms with Gasteiger partial charge in [0, 0.05) is 6.92 Å². The summed E-state index contributed by atoms with van der Waals surface area (Å²) in [6.45, 7) is 40.7. The number of esters is 1. The molecule has 10 unspecified atom stereocenters. The van der Waals surface area contributed by atoms with E-state index >= 15 is 0 Å². The molecule has 8 aromatic carbocycles. The molecule has 3 aliphatic rings. The van der Waals surface area contributed by atoms with Crippen LogP contribution < -0.4 is 23.7 Å². The minimum absolute atomic E-state index is 0.168. The predicted octanol–water partition coefficient (Wildman–Crippen LogP) is 30.7. The molecule has 120 heavy (non-hydrogen) atoms. The number of hydrogen-bond donors (Lipinski definition) is 3. The largest absolute Gasteiger partial charge is 0.508 e. The molecule has 12 nitrogen and oxygen atoms in total. The van der Waals surface area contributed by atoms with Crippen molar-refractivity contribution in [2.75, 3.05) is 26.4 Å². The van der Waals surface area contributed by atoms with Gasteiger partial charge in [-0.25, -0.2) is 0 Å². The van der Waals surface area contributed by atoms with Gasteiger partial charge in [0.05, 0.1) is 19.8 Å². The maximum Gasteiger partial charge on any atom is 0.308 e. The molecule has 662 valence electrons. The van der Waals surface area contributed by atoms with E-state index in [0.29, 0.717) is 77.6 Å². The number of carbonyl (C=O) groups is 1. The normalized spacial score (nSPS) is 16.0. The molecule has 0 aliphatic heterocycles. The quantitative estimate of drug-likeness (QED) is 0.0150. The first-order valence-electron chi connectivity index (χ1n) is 46.4. The Morgan fingerprint density at radius 3 is 0.783 bits per heavy atom. The fourth-order valence-electron chi connectivity index (χ4n) is 14.8. The predicted molar refractivity (Wildman–Crippen MR) is 501 cm³/mol. The summed E-state index contributed by atoms with van der Waals surface area (Å²) in [5.74, 6) is 11.5. The van der Waals surface area contributed by atoms with Crippen LogP contribution in [-0.2, 0) is 19.0 Å². The van der Waals surface area contributed by atoms with Crippen molar-refractivity contribution < 1.29 is 58.0 Å². The molecular weight excluding hydrogens is 1490 g/mol. The molecule has 0 amide bonds. The van der Waals surface area contributed by atoms with Crippen LogP contribution in [0.4, 0.5) is 0 Å². The van der Waals surface area contributed by atoms with E-state index < -0.39 is 0 Å². The summed E-state index contributed by atoms with van der Waals surface area (Å²) in [4.78, 5) is 10.7. The van der Waals surface area contributed by atoms with Gasteiger partial charge in [0.25, 0.3) is 0 Å². The third kappa shape index (κ3) is 41.5. The lowest BCUT2D eigenvalue weighted by Crippen LogP contribution is -2.19. The Morgan fingerprint density at radius 1 is 0.292 bits per heavy atom. The van der Waals surface area contributed by atoms with Crippen LogP contribution in [0.3, 0.4) is 0 Å². The van der Waals surface area contributed by atoms with Crippen molar-refractivity contribution in [2.24, 2.45) is 11.8 Å². The van der Waals surface area contributed by atoms with Crippen LogP contribution in [0.1, 0.15) is 371 Å². The first-order valence-corrected chi connectivity index (χ1v) is 46.4. The lowest BCUT2D eigenvalue weighted by Gasteiger charge is -2.22. The molecular formula is C108H158O12. The average Bonchev–Trinajstić information content (AvgIpc) is 0.884. The molecule has 0 saturated heterocycles. The molecule has 0 heterocycles. The summed E-state index contributed by atoms with van der Waals surface area (Å²) in [5.41, 5.74) is 10.7. The molecule has 8 aromatic rings. The molecule has 12 heteroatoms. The Kier molecular flexibility index (Phi) is 50.7. The monoisotopic (exact) mass is 1650 g/mol. The van der Waals surface area contributed by atoms with Crippen LogP contribution in [0.25, 0.3) is 0 Å². The number of ether oxygens (including phenoxy) is 8. The lowest BCUT2D eigenvalue weighted by molar-refractivity contribution is -0.131. The molecule has 0 aromatic heterocycles. The molecule has 11 rings (SSSR count). The highest BCUT2D eigenvalue weighted by Gasteiger charge is 2.19.